The summed E-state index contributed by atoms with van der Waals surface area (Å²) in [5, 5.41) is 0.302. The molecule has 2 aromatic carbocycles. The fraction of sp³-hybridized carbons (Fsp3) is 0.393. The van der Waals surface area contributed by atoms with Crippen molar-refractivity contribution in [3.63, 3.8) is 0 Å². The second-order valence-electron chi connectivity index (χ2n) is 10.5. The number of hydrogen-bond acceptors (Lipinski definition) is 4. The van der Waals surface area contributed by atoms with E-state index in [9.17, 15) is 9.18 Å². The molecule has 1 fully saturated rings. The Bertz CT molecular complexity index is 1250. The highest BCUT2D eigenvalue weighted by atomic mass is 35.5. The molecular weight excluding hydrogens is 472 g/mol. The number of benzene rings is 2. The van der Waals surface area contributed by atoms with Gasteiger partial charge >= 0.3 is 5.97 Å². The molecule has 2 aliphatic carbocycles. The highest BCUT2D eigenvalue weighted by molar-refractivity contribution is 6.32. The maximum absolute atomic E-state index is 15.0. The molecular formula is C28H28ClF2NO3. The summed E-state index contributed by atoms with van der Waals surface area (Å²) in [5.41, 5.74) is 2.62. The first-order chi connectivity index (χ1) is 16.5. The number of hydrogen-bond donors (Lipinski definition) is 0. The number of rotatable bonds is 6. The smallest absolute Gasteiger partial charge is 0.341 e. The Hall–Kier alpha value is -2.86. The Kier molecular flexibility index (Phi) is 5.91. The molecule has 0 unspecified atom stereocenters. The zero-order chi connectivity index (χ0) is 25.1. The van der Waals surface area contributed by atoms with E-state index in [0.29, 0.717) is 28.6 Å². The van der Waals surface area contributed by atoms with Gasteiger partial charge in [-0.1, -0.05) is 24.3 Å². The third-order valence-corrected chi connectivity index (χ3v) is 6.90. The molecule has 2 bridgehead atoms. The molecule has 1 aliphatic heterocycles. The molecule has 0 N–H and O–H groups in total. The number of likely N-dealkylation sites (tertiary alicyclic amines) is 1. The monoisotopic (exact) mass is 499 g/mol. The Morgan fingerprint density at radius 2 is 1.89 bits per heavy atom. The first kappa shape index (κ1) is 23.9. The molecule has 2 atom stereocenters. The number of carbonyl (C=O) groups excluding carboxylic acids is 1. The summed E-state index contributed by atoms with van der Waals surface area (Å²) >= 11 is 6.28. The molecule has 3 aliphatic rings. The normalized spacial score (nSPS) is 21.2. The Balaban J connectivity index is 1.38. The van der Waals surface area contributed by atoms with Gasteiger partial charge in [-0.05, 0) is 74.9 Å². The maximum Gasteiger partial charge on any atom is 0.341 e. The average Bonchev–Trinajstić information content (AvgIpc) is 3.41. The van der Waals surface area contributed by atoms with Crippen molar-refractivity contribution in [3.05, 3.63) is 81.9 Å². The highest BCUT2D eigenvalue weighted by Gasteiger charge is 2.42. The molecule has 0 aromatic heterocycles. The van der Waals surface area contributed by atoms with E-state index in [0.717, 1.165) is 24.8 Å². The van der Waals surface area contributed by atoms with Gasteiger partial charge in [0, 0.05) is 30.3 Å². The van der Waals surface area contributed by atoms with Crippen LogP contribution >= 0.6 is 11.6 Å². The number of carbonyl (C=O) groups is 1. The third-order valence-electron chi connectivity index (χ3n) is 6.59. The van der Waals surface area contributed by atoms with Crippen molar-refractivity contribution in [1.82, 2.24) is 4.90 Å². The van der Waals surface area contributed by atoms with Crippen molar-refractivity contribution in [2.45, 2.75) is 63.7 Å². The molecule has 0 saturated heterocycles. The number of nitrogens with zero attached hydrogens (tertiary/aromatic N) is 1. The van der Waals surface area contributed by atoms with Gasteiger partial charge in [0.1, 0.15) is 29.1 Å². The summed E-state index contributed by atoms with van der Waals surface area (Å²) in [5.74, 6) is -1.02. The quantitative estimate of drug-likeness (QED) is 0.320. The predicted molar refractivity (Wildman–Crippen MR) is 132 cm³/mol. The fourth-order valence-electron chi connectivity index (χ4n) is 4.83. The summed E-state index contributed by atoms with van der Waals surface area (Å²) < 4.78 is 40.4. The lowest BCUT2D eigenvalue weighted by atomic mass is 10.0. The van der Waals surface area contributed by atoms with Crippen LogP contribution in [0.4, 0.5) is 8.78 Å². The van der Waals surface area contributed by atoms with Crippen LogP contribution in [0.5, 0.6) is 5.75 Å². The van der Waals surface area contributed by atoms with Crippen molar-refractivity contribution in [1.29, 1.82) is 0 Å². The van der Waals surface area contributed by atoms with Gasteiger partial charge < -0.3 is 14.4 Å². The number of ether oxygens (including phenoxy) is 2. The van der Waals surface area contributed by atoms with Crippen molar-refractivity contribution in [2.24, 2.45) is 0 Å². The molecule has 184 valence electrons. The summed E-state index contributed by atoms with van der Waals surface area (Å²) in [6.07, 6.45) is 4.58. The van der Waals surface area contributed by atoms with Crippen LogP contribution in [-0.4, -0.2) is 35.2 Å². The lowest BCUT2D eigenvalue weighted by molar-refractivity contribution is 0.00644. The van der Waals surface area contributed by atoms with Gasteiger partial charge in [0.05, 0.1) is 16.6 Å². The van der Waals surface area contributed by atoms with E-state index in [4.69, 9.17) is 21.1 Å². The minimum atomic E-state index is -0.714. The molecule has 0 amide bonds. The van der Waals surface area contributed by atoms with Crippen molar-refractivity contribution in [3.8, 4) is 5.75 Å². The Morgan fingerprint density at radius 1 is 1.14 bits per heavy atom. The standard InChI is InChI=1S/C28H28ClF2NO3/c1-15(19-8-7-18(30)11-22(19)29)32-14-16-9-24(32)26(10-16)34-25-13-23(31)21(12-20(25)17-5-6-17)27(33)35-28(2,3)4/h7-9,11-13,17,24,26H,1,5-6,10,14H2,2-4H3/t24-,26-/m1/s1. The van der Waals surface area contributed by atoms with Crippen LogP contribution in [0.25, 0.3) is 5.70 Å². The zero-order valence-corrected chi connectivity index (χ0v) is 20.8. The van der Waals surface area contributed by atoms with E-state index in [2.05, 4.69) is 17.6 Å². The maximum atomic E-state index is 15.0. The third kappa shape index (κ3) is 4.81. The summed E-state index contributed by atoms with van der Waals surface area (Å²) in [6.45, 7) is 10.2. The molecule has 4 nitrogen and oxygen atoms in total. The van der Waals surface area contributed by atoms with Gasteiger partial charge in [0.15, 0.2) is 0 Å². The van der Waals surface area contributed by atoms with E-state index in [1.807, 2.05) is 0 Å². The van der Waals surface area contributed by atoms with Gasteiger partial charge in [-0.2, -0.15) is 0 Å². The van der Waals surface area contributed by atoms with Crippen LogP contribution in [0.3, 0.4) is 0 Å². The van der Waals surface area contributed by atoms with Crippen LogP contribution in [-0.2, 0) is 4.74 Å². The molecule has 1 heterocycles. The first-order valence-electron chi connectivity index (χ1n) is 11.8. The zero-order valence-electron chi connectivity index (χ0n) is 20.0. The van der Waals surface area contributed by atoms with E-state index >= 15 is 4.39 Å². The van der Waals surface area contributed by atoms with Gasteiger partial charge in [-0.25, -0.2) is 13.6 Å². The largest absolute Gasteiger partial charge is 0.487 e. The lowest BCUT2D eigenvalue weighted by Crippen LogP contribution is -2.43. The summed E-state index contributed by atoms with van der Waals surface area (Å²) in [4.78, 5) is 14.7. The topological polar surface area (TPSA) is 38.8 Å². The average molecular weight is 500 g/mol. The molecule has 1 saturated carbocycles. The van der Waals surface area contributed by atoms with Gasteiger partial charge in [-0.3, -0.25) is 0 Å². The van der Waals surface area contributed by atoms with Gasteiger partial charge in [0.25, 0.3) is 0 Å². The van der Waals surface area contributed by atoms with Crippen LogP contribution in [0.2, 0.25) is 5.02 Å². The molecule has 5 rings (SSSR count). The Labute approximate surface area is 209 Å². The van der Waals surface area contributed by atoms with Gasteiger partial charge in [-0.15, -0.1) is 0 Å². The second kappa shape index (κ2) is 8.66. The predicted octanol–water partition coefficient (Wildman–Crippen LogP) is 6.88. The SMILES string of the molecule is C=C(c1ccc(F)cc1Cl)N1CC2=C[C@@H]1[C@H](Oc1cc(F)c(C(=O)OC(C)(C)C)cc1C1CC1)C2. The fourth-order valence-corrected chi connectivity index (χ4v) is 5.11. The van der Waals surface area contributed by atoms with Crippen molar-refractivity contribution in [2.75, 3.05) is 6.54 Å². The minimum Gasteiger partial charge on any atom is -0.487 e. The number of esters is 1. The lowest BCUT2D eigenvalue weighted by Gasteiger charge is -2.37. The second-order valence-corrected chi connectivity index (χ2v) is 10.9. The number of halogens is 3. The van der Waals surface area contributed by atoms with E-state index in [1.165, 1.54) is 23.8 Å². The highest BCUT2D eigenvalue weighted by Crippen LogP contribution is 2.47. The summed E-state index contributed by atoms with van der Waals surface area (Å²) in [6, 6.07) is 7.08. The number of piperidine rings is 1. The van der Waals surface area contributed by atoms with E-state index in [-0.39, 0.29) is 23.6 Å². The Morgan fingerprint density at radius 3 is 2.51 bits per heavy atom. The minimum absolute atomic E-state index is 0.0657. The first-order valence-corrected chi connectivity index (χ1v) is 12.2. The molecule has 2 aromatic rings. The molecule has 0 spiro atoms. The van der Waals surface area contributed by atoms with Crippen LogP contribution in [0.1, 0.15) is 67.4 Å². The van der Waals surface area contributed by atoms with Crippen molar-refractivity contribution < 1.29 is 23.0 Å². The summed E-state index contributed by atoms with van der Waals surface area (Å²) in [7, 11) is 0. The van der Waals surface area contributed by atoms with E-state index in [1.54, 1.807) is 32.9 Å². The molecule has 35 heavy (non-hydrogen) atoms. The van der Waals surface area contributed by atoms with Gasteiger partial charge in [0.2, 0.25) is 0 Å². The van der Waals surface area contributed by atoms with Crippen LogP contribution in [0.15, 0.2) is 48.6 Å². The van der Waals surface area contributed by atoms with Crippen LogP contribution in [0, 0.1) is 11.6 Å². The number of fused-ring (bicyclic) bond motifs is 1. The van der Waals surface area contributed by atoms with Crippen LogP contribution < -0.4 is 4.74 Å². The molecule has 0 radical (unpaired) electrons. The van der Waals surface area contributed by atoms with Crippen molar-refractivity contribution >= 4 is 23.3 Å². The van der Waals surface area contributed by atoms with E-state index < -0.39 is 23.2 Å². The molecule has 7 heteroatoms.